The summed E-state index contributed by atoms with van der Waals surface area (Å²) in [4.78, 5) is 12.7. The number of halogens is 2. The summed E-state index contributed by atoms with van der Waals surface area (Å²) in [5, 5.41) is 2.43. The van der Waals surface area contributed by atoms with E-state index < -0.39 is 28.3 Å². The molecule has 0 bridgehead atoms. The van der Waals surface area contributed by atoms with E-state index in [1.165, 1.54) is 37.4 Å². The molecule has 162 valence electrons. The normalized spacial score (nSPS) is 11.1. The van der Waals surface area contributed by atoms with E-state index in [0.717, 1.165) is 9.87 Å². The number of carbonyl (C=O) groups is 1. The van der Waals surface area contributed by atoms with Gasteiger partial charge in [-0.1, -0.05) is 45.8 Å². The third-order valence-electron chi connectivity index (χ3n) is 4.46. The number of hydrogen-bond acceptors (Lipinski definition) is 4. The number of sulfonamides is 1. The Morgan fingerprint density at radius 1 is 1.10 bits per heavy atom. The third-order valence-corrected chi connectivity index (χ3v) is 6.72. The second-order valence-corrected chi connectivity index (χ2v) is 9.45. The van der Waals surface area contributed by atoms with Gasteiger partial charge in [0.1, 0.15) is 18.1 Å². The molecule has 0 radical (unpaired) electrons. The van der Waals surface area contributed by atoms with E-state index in [-0.39, 0.29) is 22.0 Å². The SMILES string of the molecule is COc1ccccc1N(CC(=O)Nc1ccc(Br)cc1F)S(=O)(=O)c1ccc(C)cc1. The maximum Gasteiger partial charge on any atom is 0.264 e. The highest BCUT2D eigenvalue weighted by Crippen LogP contribution is 2.32. The maximum atomic E-state index is 14.1. The number of ether oxygens (including phenoxy) is 1. The number of hydrogen-bond donors (Lipinski definition) is 1. The van der Waals surface area contributed by atoms with Gasteiger partial charge in [-0.3, -0.25) is 9.10 Å². The quantitative estimate of drug-likeness (QED) is 0.502. The first kappa shape index (κ1) is 22.8. The zero-order chi connectivity index (χ0) is 22.6. The first-order valence-electron chi connectivity index (χ1n) is 9.19. The van der Waals surface area contributed by atoms with Crippen LogP contribution in [-0.2, 0) is 14.8 Å². The summed E-state index contributed by atoms with van der Waals surface area (Å²) >= 11 is 3.15. The van der Waals surface area contributed by atoms with E-state index in [9.17, 15) is 17.6 Å². The van der Waals surface area contributed by atoms with Crippen LogP contribution in [0.4, 0.5) is 15.8 Å². The standard InChI is InChI=1S/C22H20BrFN2O4S/c1-15-7-10-17(11-8-15)31(28,29)26(20-5-3-4-6-21(20)30-2)14-22(27)25-19-12-9-16(23)13-18(19)24/h3-13H,14H2,1-2H3,(H,25,27). The summed E-state index contributed by atoms with van der Waals surface area (Å²) in [6.07, 6.45) is 0. The Morgan fingerprint density at radius 2 is 1.77 bits per heavy atom. The minimum absolute atomic E-state index is 0.0200. The van der Waals surface area contributed by atoms with Crippen LogP contribution in [0.5, 0.6) is 5.75 Å². The number of para-hydroxylation sites is 2. The van der Waals surface area contributed by atoms with E-state index in [1.54, 1.807) is 36.4 Å². The molecular weight excluding hydrogens is 487 g/mol. The van der Waals surface area contributed by atoms with Gasteiger partial charge in [0, 0.05) is 4.47 Å². The Kier molecular flexibility index (Phi) is 6.97. The number of methoxy groups -OCH3 is 1. The first-order valence-corrected chi connectivity index (χ1v) is 11.4. The fourth-order valence-electron chi connectivity index (χ4n) is 2.88. The van der Waals surface area contributed by atoms with Crippen LogP contribution in [0, 0.1) is 12.7 Å². The molecule has 0 spiro atoms. The van der Waals surface area contributed by atoms with Crippen LogP contribution in [0.1, 0.15) is 5.56 Å². The Labute approximate surface area is 188 Å². The Morgan fingerprint density at radius 3 is 2.42 bits per heavy atom. The van der Waals surface area contributed by atoms with Crippen molar-refractivity contribution in [2.75, 3.05) is 23.3 Å². The van der Waals surface area contributed by atoms with Crippen molar-refractivity contribution in [2.24, 2.45) is 0 Å². The zero-order valence-corrected chi connectivity index (χ0v) is 19.2. The molecule has 0 atom stereocenters. The van der Waals surface area contributed by atoms with Crippen molar-refractivity contribution in [2.45, 2.75) is 11.8 Å². The molecule has 0 fully saturated rings. The smallest absolute Gasteiger partial charge is 0.264 e. The van der Waals surface area contributed by atoms with Gasteiger partial charge in [-0.15, -0.1) is 0 Å². The molecule has 3 aromatic carbocycles. The molecule has 0 aliphatic carbocycles. The highest BCUT2D eigenvalue weighted by molar-refractivity contribution is 9.10. The maximum absolute atomic E-state index is 14.1. The molecule has 1 amide bonds. The van der Waals surface area contributed by atoms with Gasteiger partial charge in [-0.25, -0.2) is 12.8 Å². The number of nitrogens with zero attached hydrogens (tertiary/aromatic N) is 1. The molecule has 0 saturated carbocycles. The van der Waals surface area contributed by atoms with Crippen molar-refractivity contribution < 1.29 is 22.3 Å². The molecule has 0 heterocycles. The first-order chi connectivity index (χ1) is 14.7. The molecule has 0 aromatic heterocycles. The van der Waals surface area contributed by atoms with Crippen LogP contribution in [0.15, 0.2) is 76.1 Å². The third kappa shape index (κ3) is 5.23. The van der Waals surface area contributed by atoms with Crippen molar-refractivity contribution in [3.63, 3.8) is 0 Å². The van der Waals surface area contributed by atoms with Gasteiger partial charge in [0.25, 0.3) is 10.0 Å². The molecule has 0 aliphatic heterocycles. The van der Waals surface area contributed by atoms with Gasteiger partial charge >= 0.3 is 0 Å². The fraction of sp³-hybridized carbons (Fsp3) is 0.136. The van der Waals surface area contributed by atoms with E-state index in [1.807, 2.05) is 6.92 Å². The number of nitrogens with one attached hydrogen (secondary N) is 1. The zero-order valence-electron chi connectivity index (χ0n) is 16.8. The van der Waals surface area contributed by atoms with Crippen molar-refractivity contribution in [3.05, 3.63) is 82.6 Å². The number of benzene rings is 3. The van der Waals surface area contributed by atoms with Crippen LogP contribution in [0.3, 0.4) is 0 Å². The summed E-state index contributed by atoms with van der Waals surface area (Å²) in [6, 6.07) is 16.9. The Balaban J connectivity index is 1.99. The number of anilines is 2. The van der Waals surface area contributed by atoms with Gasteiger partial charge in [0.2, 0.25) is 5.91 Å². The molecule has 3 rings (SSSR count). The lowest BCUT2D eigenvalue weighted by Gasteiger charge is -2.25. The molecule has 9 heteroatoms. The van der Waals surface area contributed by atoms with Crippen LogP contribution < -0.4 is 14.4 Å². The molecular formula is C22H20BrFN2O4S. The lowest BCUT2D eigenvalue weighted by Crippen LogP contribution is -2.38. The molecule has 3 aromatic rings. The van der Waals surface area contributed by atoms with Crippen LogP contribution in [0.2, 0.25) is 0 Å². The average Bonchev–Trinajstić information content (AvgIpc) is 2.74. The van der Waals surface area contributed by atoms with E-state index in [2.05, 4.69) is 21.2 Å². The van der Waals surface area contributed by atoms with E-state index in [0.29, 0.717) is 4.47 Å². The van der Waals surface area contributed by atoms with Crippen LogP contribution >= 0.6 is 15.9 Å². The Hall–Kier alpha value is -2.91. The monoisotopic (exact) mass is 506 g/mol. The van der Waals surface area contributed by atoms with Crippen molar-refractivity contribution in [1.29, 1.82) is 0 Å². The predicted octanol–water partition coefficient (Wildman–Crippen LogP) is 4.74. The fourth-order valence-corrected chi connectivity index (χ4v) is 4.65. The summed E-state index contributed by atoms with van der Waals surface area (Å²) in [7, 11) is -2.71. The summed E-state index contributed by atoms with van der Waals surface area (Å²) < 4.78 is 47.7. The molecule has 31 heavy (non-hydrogen) atoms. The summed E-state index contributed by atoms with van der Waals surface area (Å²) in [5.41, 5.74) is 1.03. The highest BCUT2D eigenvalue weighted by atomic mass is 79.9. The van der Waals surface area contributed by atoms with E-state index >= 15 is 0 Å². The largest absolute Gasteiger partial charge is 0.495 e. The number of rotatable bonds is 7. The minimum atomic E-state index is -4.12. The molecule has 0 saturated heterocycles. The molecule has 0 unspecified atom stereocenters. The molecule has 1 N–H and O–H groups in total. The number of aryl methyl sites for hydroxylation is 1. The average molecular weight is 507 g/mol. The van der Waals surface area contributed by atoms with E-state index in [4.69, 9.17) is 4.74 Å². The van der Waals surface area contributed by atoms with Crippen molar-refractivity contribution in [3.8, 4) is 5.75 Å². The molecule has 0 aliphatic rings. The second-order valence-electron chi connectivity index (χ2n) is 6.67. The van der Waals surface area contributed by atoms with Crippen LogP contribution in [-0.4, -0.2) is 28.0 Å². The van der Waals surface area contributed by atoms with Gasteiger partial charge in [0.15, 0.2) is 0 Å². The summed E-state index contributed by atoms with van der Waals surface area (Å²) in [5.74, 6) is -1.07. The highest BCUT2D eigenvalue weighted by Gasteiger charge is 2.29. The Bertz CT molecular complexity index is 1200. The lowest BCUT2D eigenvalue weighted by molar-refractivity contribution is -0.114. The number of carbonyl (C=O) groups excluding carboxylic acids is 1. The van der Waals surface area contributed by atoms with Crippen molar-refractivity contribution in [1.82, 2.24) is 0 Å². The lowest BCUT2D eigenvalue weighted by atomic mass is 10.2. The minimum Gasteiger partial charge on any atom is -0.495 e. The predicted molar refractivity (Wildman–Crippen MR) is 121 cm³/mol. The second kappa shape index (κ2) is 9.49. The van der Waals surface area contributed by atoms with Crippen LogP contribution in [0.25, 0.3) is 0 Å². The van der Waals surface area contributed by atoms with Gasteiger partial charge in [-0.05, 0) is 49.4 Å². The van der Waals surface area contributed by atoms with Gasteiger partial charge < -0.3 is 10.1 Å². The van der Waals surface area contributed by atoms with Gasteiger partial charge in [0.05, 0.1) is 23.4 Å². The van der Waals surface area contributed by atoms with Crippen molar-refractivity contribution >= 4 is 43.2 Å². The number of amides is 1. The topological polar surface area (TPSA) is 75.7 Å². The molecule has 6 nitrogen and oxygen atoms in total. The summed E-state index contributed by atoms with van der Waals surface area (Å²) in [6.45, 7) is 1.26. The van der Waals surface area contributed by atoms with Gasteiger partial charge in [-0.2, -0.15) is 0 Å².